The Morgan fingerprint density at radius 3 is 3.03 bits per heavy atom. The summed E-state index contributed by atoms with van der Waals surface area (Å²) in [6, 6.07) is 12.7. The molecule has 0 bridgehead atoms. The molecule has 178 valence electrons. The lowest BCUT2D eigenvalue weighted by atomic mass is 9.91. The highest BCUT2D eigenvalue weighted by Gasteiger charge is 2.26. The highest BCUT2D eigenvalue weighted by molar-refractivity contribution is 5.76. The van der Waals surface area contributed by atoms with Crippen molar-refractivity contribution in [2.45, 2.75) is 58.2 Å². The molecule has 1 aliphatic carbocycles. The Morgan fingerprint density at radius 1 is 1.26 bits per heavy atom. The average Bonchev–Trinajstić information content (AvgIpc) is 3.20. The van der Waals surface area contributed by atoms with Crippen LogP contribution in [0.15, 0.2) is 42.6 Å². The minimum atomic E-state index is -0.417. The lowest BCUT2D eigenvalue weighted by Crippen LogP contribution is -2.29. The lowest BCUT2D eigenvalue weighted by Gasteiger charge is -2.32. The zero-order valence-electron chi connectivity index (χ0n) is 20.1. The summed E-state index contributed by atoms with van der Waals surface area (Å²) in [5.74, 6) is 7.20. The van der Waals surface area contributed by atoms with Crippen LogP contribution in [0.3, 0.4) is 0 Å². The molecule has 3 aromatic rings. The molecule has 1 aromatic carbocycles. The van der Waals surface area contributed by atoms with Gasteiger partial charge in [-0.15, -0.1) is 0 Å². The van der Waals surface area contributed by atoms with Crippen LogP contribution in [-0.4, -0.2) is 45.7 Å². The molecule has 2 aromatic heterocycles. The summed E-state index contributed by atoms with van der Waals surface area (Å²) < 4.78 is 7.26. The monoisotopic (exact) mass is 459 g/mol. The zero-order valence-corrected chi connectivity index (χ0v) is 20.1. The second-order valence-corrected chi connectivity index (χ2v) is 8.67. The molecule has 2 heterocycles. The van der Waals surface area contributed by atoms with Crippen molar-refractivity contribution in [1.29, 1.82) is 0 Å². The first-order chi connectivity index (χ1) is 16.7. The van der Waals surface area contributed by atoms with Gasteiger partial charge in [0.05, 0.1) is 49.0 Å². The van der Waals surface area contributed by atoms with E-state index in [0.29, 0.717) is 19.7 Å². The number of pyridine rings is 1. The van der Waals surface area contributed by atoms with Crippen molar-refractivity contribution in [2.24, 2.45) is 0 Å². The summed E-state index contributed by atoms with van der Waals surface area (Å²) in [7, 11) is 2.15. The molecule has 0 saturated carbocycles. The molecule has 0 radical (unpaired) electrons. The number of carbonyl (C=O) groups is 1. The normalized spacial score (nSPS) is 15.0. The molecule has 1 N–H and O–H groups in total. The molecular formula is C27H33N5O2. The van der Waals surface area contributed by atoms with Crippen LogP contribution in [0.4, 0.5) is 4.79 Å². The van der Waals surface area contributed by atoms with Gasteiger partial charge in [0.2, 0.25) is 0 Å². The van der Waals surface area contributed by atoms with Gasteiger partial charge in [0.25, 0.3) is 0 Å². The molecule has 1 amide bonds. The summed E-state index contributed by atoms with van der Waals surface area (Å²) in [5.41, 5.74) is 4.57. The standard InChI is InChI=1S/C27H33N5O2/c1-3-4-19-34-27(33)29-16-7-8-18-32-23-14-6-5-13-22(23)30-25(32)20-31(2)24-15-9-11-21-12-10-17-28-26(21)24/h5-6,10,12-14,17,24H,3-4,9,11,15-16,18-20H2,1-2H3,(H,29,33). The third kappa shape index (κ3) is 5.75. The Morgan fingerprint density at radius 2 is 2.15 bits per heavy atom. The van der Waals surface area contributed by atoms with E-state index in [1.54, 1.807) is 0 Å². The molecule has 0 spiro atoms. The van der Waals surface area contributed by atoms with E-state index < -0.39 is 6.09 Å². The molecule has 0 aliphatic heterocycles. The van der Waals surface area contributed by atoms with Gasteiger partial charge in [-0.25, -0.2) is 9.78 Å². The van der Waals surface area contributed by atoms with E-state index in [2.05, 4.69) is 52.7 Å². The fourth-order valence-electron chi connectivity index (χ4n) is 4.44. The molecule has 7 heteroatoms. The highest BCUT2D eigenvalue weighted by atomic mass is 16.5. The van der Waals surface area contributed by atoms with Crippen LogP contribution in [0.25, 0.3) is 11.0 Å². The number of carbonyl (C=O) groups excluding carboxylic acids is 1. The van der Waals surface area contributed by atoms with E-state index in [-0.39, 0.29) is 12.6 Å². The van der Waals surface area contributed by atoms with E-state index in [0.717, 1.165) is 42.5 Å². The maximum atomic E-state index is 11.7. The summed E-state index contributed by atoms with van der Waals surface area (Å²) in [5, 5.41) is 2.68. The summed E-state index contributed by atoms with van der Waals surface area (Å²) in [6.45, 7) is 3.98. The van der Waals surface area contributed by atoms with Gasteiger partial charge in [-0.05, 0) is 56.5 Å². The predicted octanol–water partition coefficient (Wildman–Crippen LogP) is 4.47. The average molecular weight is 460 g/mol. The molecular weight excluding hydrogens is 426 g/mol. The Bertz CT molecular complexity index is 1180. The summed E-state index contributed by atoms with van der Waals surface area (Å²) >= 11 is 0. The first kappa shape index (κ1) is 23.8. The number of alkyl carbamates (subject to hydrolysis) is 1. The van der Waals surface area contributed by atoms with Gasteiger partial charge in [0, 0.05) is 6.20 Å². The van der Waals surface area contributed by atoms with Crippen LogP contribution in [0.2, 0.25) is 0 Å². The molecule has 0 saturated heterocycles. The van der Waals surface area contributed by atoms with Gasteiger partial charge in [-0.3, -0.25) is 9.88 Å². The smallest absolute Gasteiger partial charge is 0.407 e. The van der Waals surface area contributed by atoms with Crippen LogP contribution >= 0.6 is 0 Å². The quantitative estimate of drug-likeness (QED) is 0.397. The number of aryl methyl sites for hydroxylation is 1. The second-order valence-electron chi connectivity index (χ2n) is 8.67. The second kappa shape index (κ2) is 11.7. The topological polar surface area (TPSA) is 72.3 Å². The zero-order chi connectivity index (χ0) is 23.8. The number of fused-ring (bicyclic) bond motifs is 2. The number of unbranched alkanes of at least 4 members (excludes halogenated alkanes) is 1. The van der Waals surface area contributed by atoms with Crippen molar-refractivity contribution in [3.8, 4) is 11.8 Å². The van der Waals surface area contributed by atoms with Crippen molar-refractivity contribution in [1.82, 2.24) is 24.8 Å². The van der Waals surface area contributed by atoms with Gasteiger partial charge >= 0.3 is 6.09 Å². The summed E-state index contributed by atoms with van der Waals surface area (Å²) in [4.78, 5) is 23.6. The fraction of sp³-hybridized carbons (Fsp3) is 0.444. The Hall–Kier alpha value is -3.37. The third-order valence-corrected chi connectivity index (χ3v) is 6.24. The Kier molecular flexibility index (Phi) is 8.16. The number of hydrogen-bond acceptors (Lipinski definition) is 5. The first-order valence-electron chi connectivity index (χ1n) is 12.1. The molecule has 1 unspecified atom stereocenters. The third-order valence-electron chi connectivity index (χ3n) is 6.24. The molecule has 1 atom stereocenters. The molecule has 7 nitrogen and oxygen atoms in total. The van der Waals surface area contributed by atoms with Gasteiger partial charge in [0.1, 0.15) is 5.82 Å². The van der Waals surface area contributed by atoms with Gasteiger partial charge in [0.15, 0.2) is 0 Å². The van der Waals surface area contributed by atoms with Crippen LogP contribution in [0, 0.1) is 11.8 Å². The predicted molar refractivity (Wildman–Crippen MR) is 133 cm³/mol. The number of amides is 1. The van der Waals surface area contributed by atoms with Crippen LogP contribution < -0.4 is 5.32 Å². The van der Waals surface area contributed by atoms with Crippen LogP contribution in [0.1, 0.15) is 55.7 Å². The minimum Gasteiger partial charge on any atom is -0.450 e. The number of ether oxygens (including phenoxy) is 1. The Labute approximate surface area is 201 Å². The number of para-hydroxylation sites is 2. The summed E-state index contributed by atoms with van der Waals surface area (Å²) in [6.07, 6.45) is 6.70. The SMILES string of the molecule is CCCCOC(=O)NCC#CCn1c(CN(C)C2CCCc3cccnc32)nc2ccccc21. The van der Waals surface area contributed by atoms with Crippen molar-refractivity contribution >= 4 is 17.1 Å². The lowest BCUT2D eigenvalue weighted by molar-refractivity contribution is 0.146. The number of rotatable bonds is 8. The largest absolute Gasteiger partial charge is 0.450 e. The van der Waals surface area contributed by atoms with E-state index in [9.17, 15) is 4.79 Å². The van der Waals surface area contributed by atoms with Crippen molar-refractivity contribution < 1.29 is 9.53 Å². The molecule has 1 aliphatic rings. The number of nitrogens with zero attached hydrogens (tertiary/aromatic N) is 4. The van der Waals surface area contributed by atoms with Crippen molar-refractivity contribution in [3.63, 3.8) is 0 Å². The van der Waals surface area contributed by atoms with Gasteiger partial charge in [-0.1, -0.05) is 43.4 Å². The van der Waals surface area contributed by atoms with E-state index in [4.69, 9.17) is 14.7 Å². The Balaban J connectivity index is 1.45. The minimum absolute atomic E-state index is 0.261. The van der Waals surface area contributed by atoms with Crippen molar-refractivity contribution in [3.05, 3.63) is 59.7 Å². The van der Waals surface area contributed by atoms with E-state index in [1.807, 2.05) is 30.5 Å². The van der Waals surface area contributed by atoms with E-state index in [1.165, 1.54) is 17.7 Å². The number of imidazole rings is 1. The maximum absolute atomic E-state index is 11.7. The number of benzene rings is 1. The van der Waals surface area contributed by atoms with Gasteiger partial charge < -0.3 is 14.6 Å². The fourth-order valence-corrected chi connectivity index (χ4v) is 4.44. The molecule has 0 fully saturated rings. The van der Waals surface area contributed by atoms with Gasteiger partial charge in [-0.2, -0.15) is 0 Å². The van der Waals surface area contributed by atoms with Crippen LogP contribution in [-0.2, 0) is 24.2 Å². The maximum Gasteiger partial charge on any atom is 0.407 e. The number of aromatic nitrogens is 3. The van der Waals surface area contributed by atoms with Crippen molar-refractivity contribution in [2.75, 3.05) is 20.2 Å². The van der Waals surface area contributed by atoms with Crippen LogP contribution in [0.5, 0.6) is 0 Å². The number of nitrogens with one attached hydrogen (secondary N) is 1. The van der Waals surface area contributed by atoms with E-state index >= 15 is 0 Å². The highest BCUT2D eigenvalue weighted by Crippen LogP contribution is 2.32. The first-order valence-corrected chi connectivity index (χ1v) is 12.1. The molecule has 4 rings (SSSR count). The number of hydrogen-bond donors (Lipinski definition) is 1. The molecule has 34 heavy (non-hydrogen) atoms.